The number of aryl methyl sites for hydroxylation is 3. The third-order valence-electron chi connectivity index (χ3n) is 4.40. The van der Waals surface area contributed by atoms with Gasteiger partial charge >= 0.3 is 0 Å². The molecule has 0 saturated heterocycles. The smallest absolute Gasteiger partial charge is 0.248 e. The molecule has 152 valence electrons. The molecule has 1 N–H and O–H groups in total. The molecule has 0 aromatic heterocycles. The molecule has 0 saturated carbocycles. The van der Waals surface area contributed by atoms with Crippen LogP contribution in [0.5, 0.6) is 0 Å². The van der Waals surface area contributed by atoms with Gasteiger partial charge in [-0.15, -0.1) is 0 Å². The van der Waals surface area contributed by atoms with Crippen LogP contribution in [0.1, 0.15) is 30.0 Å². The molecule has 0 bridgehead atoms. The van der Waals surface area contributed by atoms with Crippen molar-refractivity contribution in [3.63, 3.8) is 0 Å². The van der Waals surface area contributed by atoms with Crippen LogP contribution in [0.3, 0.4) is 0 Å². The number of carbonyl (C=O) groups excluding carboxylic acids is 1. The quantitative estimate of drug-likeness (QED) is 0.676. The lowest BCUT2D eigenvalue weighted by Crippen LogP contribution is -2.47. The summed E-state index contributed by atoms with van der Waals surface area (Å²) < 4.78 is 26.2. The molecule has 8 heteroatoms. The van der Waals surface area contributed by atoms with Crippen molar-refractivity contribution in [2.45, 2.75) is 40.2 Å². The molecule has 2 aromatic carbocycles. The summed E-state index contributed by atoms with van der Waals surface area (Å²) in [6, 6.07) is 7.47. The van der Waals surface area contributed by atoms with Gasteiger partial charge in [-0.3, -0.25) is 9.10 Å². The second-order valence-electron chi connectivity index (χ2n) is 6.84. The highest BCUT2D eigenvalue weighted by Crippen LogP contribution is 2.33. The molecule has 0 aliphatic rings. The fourth-order valence-electron chi connectivity index (χ4n) is 3.27. The fraction of sp³-hybridized carbons (Fsp3) is 0.350. The van der Waals surface area contributed by atoms with E-state index in [0.29, 0.717) is 10.7 Å². The number of halogens is 2. The Kier molecular flexibility index (Phi) is 7.02. The molecule has 0 fully saturated rings. The van der Waals surface area contributed by atoms with Gasteiger partial charge in [0.15, 0.2) is 0 Å². The first kappa shape index (κ1) is 22.5. The van der Waals surface area contributed by atoms with Crippen LogP contribution in [0, 0.1) is 20.8 Å². The van der Waals surface area contributed by atoms with Crippen LogP contribution >= 0.6 is 23.2 Å². The molecule has 0 aliphatic heterocycles. The van der Waals surface area contributed by atoms with Crippen molar-refractivity contribution < 1.29 is 13.2 Å². The molecule has 1 amide bonds. The lowest BCUT2D eigenvalue weighted by Gasteiger charge is -2.31. The molecule has 5 nitrogen and oxygen atoms in total. The number of sulfonamides is 1. The monoisotopic (exact) mass is 442 g/mol. The fourth-order valence-corrected chi connectivity index (χ4v) is 4.91. The molecule has 28 heavy (non-hydrogen) atoms. The zero-order chi connectivity index (χ0) is 21.2. The van der Waals surface area contributed by atoms with Gasteiger partial charge in [-0.1, -0.05) is 47.8 Å². The maximum absolute atomic E-state index is 13.1. The number of rotatable bonds is 6. The molecule has 0 aliphatic carbocycles. The number of amides is 1. The zero-order valence-corrected chi connectivity index (χ0v) is 18.8. The molecule has 2 aromatic rings. The van der Waals surface area contributed by atoms with Gasteiger partial charge in [0, 0.05) is 10.7 Å². The van der Waals surface area contributed by atoms with Crippen LogP contribution in [0.25, 0.3) is 0 Å². The molecule has 0 heterocycles. The van der Waals surface area contributed by atoms with Crippen molar-refractivity contribution in [3.05, 3.63) is 57.1 Å². The second kappa shape index (κ2) is 8.72. The van der Waals surface area contributed by atoms with Crippen molar-refractivity contribution in [2.75, 3.05) is 15.9 Å². The first-order chi connectivity index (χ1) is 13.0. The average Bonchev–Trinajstić information content (AvgIpc) is 2.57. The summed E-state index contributed by atoms with van der Waals surface area (Å²) in [4.78, 5) is 13.1. The number of anilines is 2. The highest BCUT2D eigenvalue weighted by Gasteiger charge is 2.33. The number of benzene rings is 2. The van der Waals surface area contributed by atoms with E-state index >= 15 is 0 Å². The topological polar surface area (TPSA) is 66.5 Å². The van der Waals surface area contributed by atoms with Crippen LogP contribution in [0.15, 0.2) is 30.3 Å². The van der Waals surface area contributed by atoms with Crippen molar-refractivity contribution in [3.8, 4) is 0 Å². The van der Waals surface area contributed by atoms with Gasteiger partial charge in [0.05, 0.1) is 17.0 Å². The number of nitrogens with one attached hydrogen (secondary N) is 1. The van der Waals surface area contributed by atoms with E-state index in [0.717, 1.165) is 27.3 Å². The van der Waals surface area contributed by atoms with Crippen LogP contribution in [-0.2, 0) is 14.8 Å². The normalized spacial score (nSPS) is 12.5. The minimum atomic E-state index is -3.80. The molecular weight excluding hydrogens is 419 g/mol. The van der Waals surface area contributed by atoms with Crippen LogP contribution < -0.4 is 9.62 Å². The van der Waals surface area contributed by atoms with Gasteiger partial charge in [0.2, 0.25) is 15.9 Å². The summed E-state index contributed by atoms with van der Waals surface area (Å²) in [5.41, 5.74) is 3.76. The number of carbonyl (C=O) groups is 1. The van der Waals surface area contributed by atoms with E-state index in [4.69, 9.17) is 23.2 Å². The van der Waals surface area contributed by atoms with Gasteiger partial charge in [0.1, 0.15) is 6.04 Å². The minimum Gasteiger partial charge on any atom is -0.324 e. The molecule has 0 radical (unpaired) electrons. The summed E-state index contributed by atoms with van der Waals surface area (Å²) >= 11 is 12.3. The Balaban J connectivity index is 2.50. The highest BCUT2D eigenvalue weighted by molar-refractivity contribution is 7.92. The van der Waals surface area contributed by atoms with E-state index in [1.165, 1.54) is 12.1 Å². The summed E-state index contributed by atoms with van der Waals surface area (Å²) in [5.74, 6) is -0.431. The van der Waals surface area contributed by atoms with Gasteiger partial charge in [-0.2, -0.15) is 0 Å². The largest absolute Gasteiger partial charge is 0.324 e. The lowest BCUT2D eigenvalue weighted by molar-refractivity contribution is -0.117. The van der Waals surface area contributed by atoms with Crippen LogP contribution in [0.4, 0.5) is 11.4 Å². The molecule has 1 atom stereocenters. The maximum Gasteiger partial charge on any atom is 0.248 e. The number of nitrogens with zero attached hydrogens (tertiary/aromatic N) is 1. The van der Waals surface area contributed by atoms with E-state index in [1.807, 2.05) is 32.9 Å². The third kappa shape index (κ3) is 4.99. The standard InChI is InChI=1S/C20H24Cl2N2O3S/c1-6-17(20(25)23-19-13(3)9-12(2)10-14(19)4)24(28(5,26)27)18-11-15(21)7-8-16(18)22/h7-11,17H,6H2,1-5H3,(H,23,25)/t17-/m1/s1. The highest BCUT2D eigenvalue weighted by atomic mass is 35.5. The minimum absolute atomic E-state index is 0.177. The van der Waals surface area contributed by atoms with Crippen molar-refractivity contribution in [1.29, 1.82) is 0 Å². The van der Waals surface area contributed by atoms with Gasteiger partial charge in [-0.25, -0.2) is 8.42 Å². The molecule has 0 spiro atoms. The van der Waals surface area contributed by atoms with Gasteiger partial charge < -0.3 is 5.32 Å². The van der Waals surface area contributed by atoms with E-state index < -0.39 is 22.0 Å². The SMILES string of the molecule is CC[C@H](C(=O)Nc1c(C)cc(C)cc1C)N(c1cc(Cl)ccc1Cl)S(C)(=O)=O. The number of hydrogen-bond donors (Lipinski definition) is 1. The summed E-state index contributed by atoms with van der Waals surface area (Å²) in [5, 5.41) is 3.42. The summed E-state index contributed by atoms with van der Waals surface area (Å²) in [6.45, 7) is 7.53. The first-order valence-electron chi connectivity index (χ1n) is 8.78. The molecule has 2 rings (SSSR count). The Morgan fingerprint density at radius 2 is 1.68 bits per heavy atom. The van der Waals surface area contributed by atoms with Gasteiger partial charge in [0.25, 0.3) is 0 Å². The van der Waals surface area contributed by atoms with E-state index in [1.54, 1.807) is 13.0 Å². The Morgan fingerprint density at radius 3 is 2.18 bits per heavy atom. The van der Waals surface area contributed by atoms with Crippen molar-refractivity contribution in [1.82, 2.24) is 0 Å². The van der Waals surface area contributed by atoms with Crippen LogP contribution in [0.2, 0.25) is 10.0 Å². The van der Waals surface area contributed by atoms with Crippen molar-refractivity contribution in [2.24, 2.45) is 0 Å². The Bertz CT molecular complexity index is 984. The second-order valence-corrected chi connectivity index (χ2v) is 9.54. The van der Waals surface area contributed by atoms with E-state index in [9.17, 15) is 13.2 Å². The summed E-state index contributed by atoms with van der Waals surface area (Å²) in [7, 11) is -3.80. The Morgan fingerprint density at radius 1 is 1.11 bits per heavy atom. The van der Waals surface area contributed by atoms with Crippen LogP contribution in [-0.4, -0.2) is 26.6 Å². The molecule has 0 unspecified atom stereocenters. The lowest BCUT2D eigenvalue weighted by atomic mass is 10.0. The zero-order valence-electron chi connectivity index (χ0n) is 16.5. The van der Waals surface area contributed by atoms with Gasteiger partial charge in [-0.05, 0) is 56.5 Å². The maximum atomic E-state index is 13.1. The van der Waals surface area contributed by atoms with Crippen molar-refractivity contribution >= 4 is 50.5 Å². The third-order valence-corrected chi connectivity index (χ3v) is 6.12. The Hall–Kier alpha value is -1.76. The average molecular weight is 443 g/mol. The summed E-state index contributed by atoms with van der Waals surface area (Å²) in [6.07, 6.45) is 1.30. The van der Waals surface area contributed by atoms with E-state index in [2.05, 4.69) is 5.32 Å². The predicted octanol–water partition coefficient (Wildman–Crippen LogP) is 5.10. The first-order valence-corrected chi connectivity index (χ1v) is 11.4. The van der Waals surface area contributed by atoms with E-state index in [-0.39, 0.29) is 17.1 Å². The predicted molar refractivity (Wildman–Crippen MR) is 117 cm³/mol. The molecular formula is C20H24Cl2N2O3S. The number of hydrogen-bond acceptors (Lipinski definition) is 3. The Labute approximate surface area is 176 Å².